The van der Waals surface area contributed by atoms with Crippen LogP contribution in [0.2, 0.25) is 0 Å². The molecule has 1 nitrogen and oxygen atoms in total. The van der Waals surface area contributed by atoms with Gasteiger partial charge in [0, 0.05) is 27.9 Å². The topological polar surface area (TPSA) is 12.0 Å². The third-order valence-electron chi connectivity index (χ3n) is 3.34. The summed E-state index contributed by atoms with van der Waals surface area (Å²) in [6, 6.07) is 17.5. The first-order chi connectivity index (χ1) is 9.83. The Morgan fingerprint density at radius 1 is 1.05 bits per heavy atom. The van der Waals surface area contributed by atoms with Gasteiger partial charge in [0.05, 0.1) is 0 Å². The molecule has 0 fully saturated rings. The zero-order chi connectivity index (χ0) is 13.8. The van der Waals surface area contributed by atoms with Crippen molar-refractivity contribution in [1.29, 1.82) is 0 Å². The Balaban J connectivity index is 1.62. The monoisotopic (exact) mass is 299 g/mol. The maximum Gasteiger partial charge on any atom is 0.0351 e. The van der Waals surface area contributed by atoms with Crippen LogP contribution in [-0.2, 0) is 6.54 Å². The van der Waals surface area contributed by atoms with E-state index in [1.807, 2.05) is 11.3 Å². The predicted octanol–water partition coefficient (Wildman–Crippen LogP) is 5.33. The van der Waals surface area contributed by atoms with Gasteiger partial charge in [0.25, 0.3) is 0 Å². The van der Waals surface area contributed by atoms with Crippen molar-refractivity contribution in [2.75, 3.05) is 0 Å². The van der Waals surface area contributed by atoms with Crippen LogP contribution < -0.4 is 5.32 Å². The number of hydrogen-bond donors (Lipinski definition) is 1. The summed E-state index contributed by atoms with van der Waals surface area (Å²) in [5, 5.41) is 7.96. The van der Waals surface area contributed by atoms with Crippen molar-refractivity contribution in [2.45, 2.75) is 19.5 Å². The van der Waals surface area contributed by atoms with E-state index in [1.54, 1.807) is 11.3 Å². The molecule has 102 valence electrons. The van der Waals surface area contributed by atoms with Crippen molar-refractivity contribution in [1.82, 2.24) is 5.32 Å². The van der Waals surface area contributed by atoms with Crippen molar-refractivity contribution in [2.24, 2.45) is 0 Å². The fourth-order valence-corrected chi connectivity index (χ4v) is 3.78. The van der Waals surface area contributed by atoms with Crippen LogP contribution in [0.4, 0.5) is 0 Å². The molecular formula is C17H17NS2. The summed E-state index contributed by atoms with van der Waals surface area (Å²) >= 11 is 3.63. The Morgan fingerprint density at radius 2 is 1.90 bits per heavy atom. The second-order valence-corrected chi connectivity index (χ2v) is 6.74. The molecule has 3 heteroatoms. The lowest BCUT2D eigenvalue weighted by molar-refractivity contribution is 0.579. The minimum atomic E-state index is 0.378. The van der Waals surface area contributed by atoms with Crippen LogP contribution in [0.5, 0.6) is 0 Å². The smallest absolute Gasteiger partial charge is 0.0351 e. The molecule has 2 aromatic heterocycles. The molecular weight excluding hydrogens is 282 g/mol. The molecule has 1 aromatic carbocycles. The maximum atomic E-state index is 3.59. The van der Waals surface area contributed by atoms with Gasteiger partial charge in [-0.15, -0.1) is 22.7 Å². The third-order valence-corrected chi connectivity index (χ3v) is 5.20. The molecule has 0 aliphatic carbocycles. The molecule has 0 amide bonds. The Labute approximate surface area is 127 Å². The number of benzene rings is 1. The Hall–Kier alpha value is -1.42. The van der Waals surface area contributed by atoms with E-state index < -0.39 is 0 Å². The first-order valence-electron chi connectivity index (χ1n) is 6.72. The standard InChI is InChI=1S/C17H17NS2/c1-13(14-6-3-2-4-7-14)18-11-16-10-15(12-20-16)17-8-5-9-19-17/h2-10,12-13,18H,11H2,1H3. The molecule has 0 aliphatic rings. The summed E-state index contributed by atoms with van der Waals surface area (Å²) in [4.78, 5) is 2.74. The van der Waals surface area contributed by atoms with Gasteiger partial charge < -0.3 is 5.32 Å². The van der Waals surface area contributed by atoms with E-state index in [2.05, 4.69) is 71.5 Å². The highest BCUT2D eigenvalue weighted by atomic mass is 32.1. The van der Waals surface area contributed by atoms with E-state index in [-0.39, 0.29) is 0 Å². The first-order valence-corrected chi connectivity index (χ1v) is 8.48. The molecule has 0 saturated carbocycles. The van der Waals surface area contributed by atoms with E-state index in [0.29, 0.717) is 6.04 Å². The second-order valence-electron chi connectivity index (χ2n) is 4.79. The van der Waals surface area contributed by atoms with Gasteiger partial charge in [-0.05, 0) is 35.4 Å². The summed E-state index contributed by atoms with van der Waals surface area (Å²) < 4.78 is 0. The van der Waals surface area contributed by atoms with Gasteiger partial charge in [0.2, 0.25) is 0 Å². The maximum absolute atomic E-state index is 3.59. The van der Waals surface area contributed by atoms with Crippen molar-refractivity contribution >= 4 is 22.7 Å². The van der Waals surface area contributed by atoms with Crippen LogP contribution in [0.25, 0.3) is 10.4 Å². The fourth-order valence-electron chi connectivity index (χ4n) is 2.16. The lowest BCUT2D eigenvalue weighted by Gasteiger charge is -2.13. The molecule has 2 heterocycles. The molecule has 3 rings (SSSR count). The van der Waals surface area contributed by atoms with Gasteiger partial charge in [-0.3, -0.25) is 0 Å². The number of thiophene rings is 2. The molecule has 1 atom stereocenters. The van der Waals surface area contributed by atoms with Gasteiger partial charge in [0.15, 0.2) is 0 Å². The molecule has 0 saturated heterocycles. The van der Waals surface area contributed by atoms with Gasteiger partial charge in [-0.2, -0.15) is 0 Å². The highest BCUT2D eigenvalue weighted by molar-refractivity contribution is 7.14. The Bertz CT molecular complexity index is 641. The molecule has 3 aromatic rings. The Morgan fingerprint density at radius 3 is 2.65 bits per heavy atom. The number of rotatable bonds is 5. The average Bonchev–Trinajstić information content (AvgIpc) is 3.16. The summed E-state index contributed by atoms with van der Waals surface area (Å²) in [7, 11) is 0. The number of hydrogen-bond acceptors (Lipinski definition) is 3. The lowest BCUT2D eigenvalue weighted by atomic mass is 10.1. The quantitative estimate of drug-likeness (QED) is 0.671. The first kappa shape index (κ1) is 13.6. The van der Waals surface area contributed by atoms with Gasteiger partial charge >= 0.3 is 0 Å². The molecule has 0 spiro atoms. The summed E-state index contributed by atoms with van der Waals surface area (Å²) in [6.07, 6.45) is 0. The second kappa shape index (κ2) is 6.35. The Kier molecular flexibility index (Phi) is 4.31. The third kappa shape index (κ3) is 3.18. The zero-order valence-electron chi connectivity index (χ0n) is 11.4. The summed E-state index contributed by atoms with van der Waals surface area (Å²) in [5.41, 5.74) is 2.68. The van der Waals surface area contributed by atoms with Gasteiger partial charge in [0.1, 0.15) is 0 Å². The normalized spacial score (nSPS) is 12.4. The molecule has 0 bridgehead atoms. The van der Waals surface area contributed by atoms with E-state index in [0.717, 1.165) is 6.54 Å². The van der Waals surface area contributed by atoms with E-state index in [4.69, 9.17) is 0 Å². The van der Waals surface area contributed by atoms with Gasteiger partial charge in [-0.1, -0.05) is 36.4 Å². The minimum absolute atomic E-state index is 0.378. The summed E-state index contributed by atoms with van der Waals surface area (Å²) in [6.45, 7) is 3.13. The van der Waals surface area contributed by atoms with Crippen LogP contribution >= 0.6 is 22.7 Å². The number of nitrogens with one attached hydrogen (secondary N) is 1. The van der Waals surface area contributed by atoms with E-state index in [1.165, 1.54) is 20.9 Å². The molecule has 0 aliphatic heterocycles. The largest absolute Gasteiger partial charge is 0.305 e. The SMILES string of the molecule is CC(NCc1cc(-c2cccs2)cs1)c1ccccc1. The fraction of sp³-hybridized carbons (Fsp3) is 0.176. The predicted molar refractivity (Wildman–Crippen MR) is 89.3 cm³/mol. The van der Waals surface area contributed by atoms with Crippen LogP contribution in [-0.4, -0.2) is 0 Å². The molecule has 20 heavy (non-hydrogen) atoms. The van der Waals surface area contributed by atoms with Crippen molar-refractivity contribution in [3.05, 3.63) is 69.7 Å². The minimum Gasteiger partial charge on any atom is -0.305 e. The van der Waals surface area contributed by atoms with E-state index >= 15 is 0 Å². The highest BCUT2D eigenvalue weighted by Crippen LogP contribution is 2.29. The molecule has 1 N–H and O–H groups in total. The molecule has 1 unspecified atom stereocenters. The van der Waals surface area contributed by atoms with Crippen LogP contribution in [0.3, 0.4) is 0 Å². The highest BCUT2D eigenvalue weighted by Gasteiger charge is 2.06. The van der Waals surface area contributed by atoms with Crippen LogP contribution in [0.15, 0.2) is 59.3 Å². The van der Waals surface area contributed by atoms with Crippen molar-refractivity contribution in [3.8, 4) is 10.4 Å². The van der Waals surface area contributed by atoms with Gasteiger partial charge in [-0.25, -0.2) is 0 Å². The summed E-state index contributed by atoms with van der Waals surface area (Å²) in [5.74, 6) is 0. The lowest BCUT2D eigenvalue weighted by Crippen LogP contribution is -2.17. The molecule has 0 radical (unpaired) electrons. The zero-order valence-corrected chi connectivity index (χ0v) is 13.0. The van der Waals surface area contributed by atoms with Crippen LogP contribution in [0.1, 0.15) is 23.4 Å². The van der Waals surface area contributed by atoms with Crippen molar-refractivity contribution < 1.29 is 0 Å². The average molecular weight is 299 g/mol. The van der Waals surface area contributed by atoms with E-state index in [9.17, 15) is 0 Å². The van der Waals surface area contributed by atoms with Crippen LogP contribution in [0, 0.1) is 0 Å². The van der Waals surface area contributed by atoms with Crippen molar-refractivity contribution in [3.63, 3.8) is 0 Å².